The number of carbonyl (C=O) groups is 1. The van der Waals surface area contributed by atoms with Gasteiger partial charge < -0.3 is 9.84 Å². The van der Waals surface area contributed by atoms with E-state index in [0.717, 1.165) is 24.5 Å². The fraction of sp³-hybridized carbons (Fsp3) is 0.533. The predicted molar refractivity (Wildman–Crippen MR) is 79.8 cm³/mol. The molecule has 1 aromatic rings. The smallest absolute Gasteiger partial charge is 0.325 e. The first-order valence-electron chi connectivity index (χ1n) is 7.18. The van der Waals surface area contributed by atoms with E-state index in [-0.39, 0.29) is 18.1 Å². The van der Waals surface area contributed by atoms with Crippen LogP contribution in [-0.4, -0.2) is 18.1 Å². The number of halogens is 2. The van der Waals surface area contributed by atoms with Crippen LogP contribution in [0, 0.1) is 11.6 Å². The van der Waals surface area contributed by atoms with Crippen molar-refractivity contribution in [2.75, 3.05) is 0 Å². The highest BCUT2D eigenvalue weighted by molar-refractivity contribution is 7.10. The van der Waals surface area contributed by atoms with Gasteiger partial charge in [-0.15, -0.1) is 0 Å². The van der Waals surface area contributed by atoms with Crippen molar-refractivity contribution in [2.45, 2.75) is 51.1 Å². The minimum absolute atomic E-state index is 0.00175. The standard InChI is InChI=1S/C15H20F2NO2P/c1-2-3-14(15(19)20-21)18-11-5-4-9-6-10(16)7-13(17)12(9)8-11/h6-7,11,14,18H,2-5,8,21H2,1H3/t11-,14-/m0/s1. The fourth-order valence-corrected chi connectivity index (χ4v) is 3.02. The molecule has 0 amide bonds. The normalized spacial score (nSPS) is 19.0. The van der Waals surface area contributed by atoms with E-state index in [0.29, 0.717) is 24.8 Å². The molecule has 2 rings (SSSR count). The molecule has 0 saturated carbocycles. The second kappa shape index (κ2) is 7.28. The molecule has 1 aliphatic rings. The van der Waals surface area contributed by atoms with E-state index < -0.39 is 11.6 Å². The minimum Gasteiger partial charge on any atom is -0.450 e. The molecule has 0 spiro atoms. The van der Waals surface area contributed by atoms with Gasteiger partial charge in [0, 0.05) is 12.1 Å². The zero-order chi connectivity index (χ0) is 15.4. The van der Waals surface area contributed by atoms with Crippen LogP contribution in [0.2, 0.25) is 0 Å². The fourth-order valence-electron chi connectivity index (χ4n) is 2.85. The summed E-state index contributed by atoms with van der Waals surface area (Å²) in [5.74, 6) is -1.36. The van der Waals surface area contributed by atoms with Gasteiger partial charge in [0.05, 0.1) is 9.47 Å². The number of fused-ring (bicyclic) bond motifs is 1. The molecule has 0 heterocycles. The van der Waals surface area contributed by atoms with Crippen LogP contribution in [-0.2, 0) is 22.2 Å². The second-order valence-electron chi connectivity index (χ2n) is 5.41. The van der Waals surface area contributed by atoms with Gasteiger partial charge in [-0.05, 0) is 42.9 Å². The third kappa shape index (κ3) is 3.98. The summed E-state index contributed by atoms with van der Waals surface area (Å²) in [6.45, 7) is 1.99. The van der Waals surface area contributed by atoms with Gasteiger partial charge in [0.1, 0.15) is 17.7 Å². The van der Waals surface area contributed by atoms with Crippen molar-refractivity contribution in [3.63, 3.8) is 0 Å². The summed E-state index contributed by atoms with van der Waals surface area (Å²) >= 11 is 0. The molecule has 6 heteroatoms. The topological polar surface area (TPSA) is 38.3 Å². The van der Waals surface area contributed by atoms with Gasteiger partial charge in [-0.25, -0.2) is 8.78 Å². The molecule has 0 bridgehead atoms. The molecule has 0 radical (unpaired) electrons. The summed E-state index contributed by atoms with van der Waals surface area (Å²) in [6, 6.07) is 1.93. The lowest BCUT2D eigenvalue weighted by atomic mass is 9.87. The summed E-state index contributed by atoms with van der Waals surface area (Å²) in [5, 5.41) is 3.24. The Balaban J connectivity index is 2.08. The molecule has 21 heavy (non-hydrogen) atoms. The minimum atomic E-state index is -0.534. The number of nitrogens with one attached hydrogen (secondary N) is 1. The highest BCUT2D eigenvalue weighted by Crippen LogP contribution is 2.25. The van der Waals surface area contributed by atoms with Gasteiger partial charge in [-0.2, -0.15) is 0 Å². The molecular formula is C15H20F2NO2P. The highest BCUT2D eigenvalue weighted by atomic mass is 31.0. The monoisotopic (exact) mass is 315 g/mol. The van der Waals surface area contributed by atoms with Gasteiger partial charge in [0.25, 0.3) is 0 Å². The van der Waals surface area contributed by atoms with Gasteiger partial charge in [0.2, 0.25) is 0 Å². The quantitative estimate of drug-likeness (QED) is 0.849. The van der Waals surface area contributed by atoms with Crippen LogP contribution < -0.4 is 5.32 Å². The van der Waals surface area contributed by atoms with Gasteiger partial charge in [-0.3, -0.25) is 4.79 Å². The van der Waals surface area contributed by atoms with Crippen LogP contribution in [0.5, 0.6) is 0 Å². The number of benzene rings is 1. The Hall–Kier alpha value is -1.06. The molecule has 3 nitrogen and oxygen atoms in total. The predicted octanol–water partition coefficient (Wildman–Crippen LogP) is 2.91. The lowest BCUT2D eigenvalue weighted by Crippen LogP contribution is -2.46. The summed E-state index contributed by atoms with van der Waals surface area (Å²) in [6.07, 6.45) is 3.34. The Labute approximate surface area is 125 Å². The molecular weight excluding hydrogens is 295 g/mol. The first kappa shape index (κ1) is 16.3. The largest absolute Gasteiger partial charge is 0.450 e. The Kier molecular flexibility index (Phi) is 5.65. The maximum absolute atomic E-state index is 13.9. The van der Waals surface area contributed by atoms with Crippen LogP contribution in [0.15, 0.2) is 12.1 Å². The van der Waals surface area contributed by atoms with E-state index in [2.05, 4.69) is 5.32 Å². The molecule has 0 aliphatic heterocycles. The first-order chi connectivity index (χ1) is 10.0. The Morgan fingerprint density at radius 3 is 2.95 bits per heavy atom. The maximum atomic E-state index is 13.9. The number of aryl methyl sites for hydroxylation is 1. The molecule has 1 aliphatic carbocycles. The van der Waals surface area contributed by atoms with E-state index in [1.165, 1.54) is 6.07 Å². The lowest BCUT2D eigenvalue weighted by molar-refractivity contribution is -0.136. The number of hydrogen-bond donors (Lipinski definition) is 1. The van der Waals surface area contributed by atoms with Crippen molar-refractivity contribution in [1.29, 1.82) is 0 Å². The van der Waals surface area contributed by atoms with E-state index in [4.69, 9.17) is 4.52 Å². The Bertz CT molecular complexity index is 525. The summed E-state index contributed by atoms with van der Waals surface area (Å²) in [5.41, 5.74) is 1.28. The van der Waals surface area contributed by atoms with Gasteiger partial charge in [-0.1, -0.05) is 13.3 Å². The third-order valence-corrected chi connectivity index (χ3v) is 4.11. The van der Waals surface area contributed by atoms with Gasteiger partial charge in [0.15, 0.2) is 0 Å². The molecule has 1 aromatic carbocycles. The zero-order valence-corrected chi connectivity index (χ0v) is 13.1. The molecule has 1 N–H and O–H groups in total. The van der Waals surface area contributed by atoms with Crippen molar-refractivity contribution in [3.8, 4) is 0 Å². The summed E-state index contributed by atoms with van der Waals surface area (Å²) < 4.78 is 31.8. The molecule has 1 unspecified atom stereocenters. The summed E-state index contributed by atoms with van der Waals surface area (Å²) in [7, 11) is 1.96. The molecule has 0 saturated heterocycles. The highest BCUT2D eigenvalue weighted by Gasteiger charge is 2.27. The van der Waals surface area contributed by atoms with Crippen LogP contribution in [0.4, 0.5) is 8.78 Å². The molecule has 116 valence electrons. The van der Waals surface area contributed by atoms with E-state index in [9.17, 15) is 13.6 Å². The molecule has 0 fully saturated rings. The van der Waals surface area contributed by atoms with Crippen molar-refractivity contribution in [1.82, 2.24) is 5.32 Å². The van der Waals surface area contributed by atoms with E-state index in [1.54, 1.807) is 0 Å². The van der Waals surface area contributed by atoms with Crippen molar-refractivity contribution >= 4 is 15.4 Å². The van der Waals surface area contributed by atoms with Crippen molar-refractivity contribution in [2.24, 2.45) is 0 Å². The van der Waals surface area contributed by atoms with Crippen molar-refractivity contribution in [3.05, 3.63) is 34.9 Å². The maximum Gasteiger partial charge on any atom is 0.325 e. The zero-order valence-electron chi connectivity index (χ0n) is 12.0. The number of carbonyl (C=O) groups excluding carboxylic acids is 1. The average Bonchev–Trinajstić information content (AvgIpc) is 2.46. The summed E-state index contributed by atoms with van der Waals surface area (Å²) in [4.78, 5) is 11.7. The van der Waals surface area contributed by atoms with Crippen molar-refractivity contribution < 1.29 is 18.1 Å². The van der Waals surface area contributed by atoms with Gasteiger partial charge >= 0.3 is 5.97 Å². The third-order valence-electron chi connectivity index (χ3n) is 3.88. The molecule has 3 atom stereocenters. The Morgan fingerprint density at radius 1 is 1.52 bits per heavy atom. The van der Waals surface area contributed by atoms with E-state index >= 15 is 0 Å². The number of hydrogen-bond acceptors (Lipinski definition) is 3. The lowest BCUT2D eigenvalue weighted by Gasteiger charge is -2.29. The van der Waals surface area contributed by atoms with Crippen LogP contribution in [0.25, 0.3) is 0 Å². The SMILES string of the molecule is CCC[C@H](N[C@H]1CCc2cc(F)cc(F)c2C1)C(=O)OP. The number of rotatable bonds is 5. The first-order valence-corrected chi connectivity index (χ1v) is 7.65. The van der Waals surface area contributed by atoms with Crippen LogP contribution in [0.1, 0.15) is 37.3 Å². The molecule has 0 aromatic heterocycles. The second-order valence-corrected chi connectivity index (χ2v) is 5.65. The van der Waals surface area contributed by atoms with Crippen LogP contribution >= 0.6 is 9.47 Å². The Morgan fingerprint density at radius 2 is 2.29 bits per heavy atom. The van der Waals surface area contributed by atoms with E-state index in [1.807, 2.05) is 16.4 Å². The van der Waals surface area contributed by atoms with Crippen LogP contribution in [0.3, 0.4) is 0 Å². The average molecular weight is 315 g/mol.